The number of phenols is 1. The molecule has 4 rings (SSSR count). The predicted molar refractivity (Wildman–Crippen MR) is 85.4 cm³/mol. The Kier molecular flexibility index (Phi) is 3.21. The van der Waals surface area contributed by atoms with Gasteiger partial charge in [-0.3, -0.25) is 10.1 Å². The molecule has 2 saturated carbocycles. The summed E-state index contributed by atoms with van der Waals surface area (Å²) in [5.41, 5.74) is 1.97. The third kappa shape index (κ3) is 2.02. The number of fused-ring (bicyclic) bond motifs is 5. The van der Waals surface area contributed by atoms with Crippen molar-refractivity contribution >= 4 is 5.69 Å². The fraction of sp³-hybridized carbons (Fsp3) is 0.667. The third-order valence-electron chi connectivity index (χ3n) is 6.97. The Morgan fingerprint density at radius 2 is 2.04 bits per heavy atom. The number of nitro benzene ring substituents is 1. The van der Waals surface area contributed by atoms with Crippen molar-refractivity contribution in [3.8, 4) is 5.75 Å². The zero-order chi connectivity index (χ0) is 16.4. The number of nitrogens with zero attached hydrogens (tertiary/aromatic N) is 1. The van der Waals surface area contributed by atoms with Crippen molar-refractivity contribution in [2.24, 2.45) is 17.3 Å². The predicted octanol–water partition coefficient (Wildman–Crippen LogP) is 3.52. The first-order valence-electron chi connectivity index (χ1n) is 8.60. The fourth-order valence-corrected chi connectivity index (χ4v) is 5.71. The van der Waals surface area contributed by atoms with E-state index in [-0.39, 0.29) is 23.0 Å². The molecular weight excluding hydrogens is 294 g/mol. The van der Waals surface area contributed by atoms with Crippen molar-refractivity contribution < 1.29 is 15.1 Å². The van der Waals surface area contributed by atoms with Crippen molar-refractivity contribution in [1.82, 2.24) is 0 Å². The van der Waals surface area contributed by atoms with Crippen LogP contribution in [0.15, 0.2) is 12.1 Å². The van der Waals surface area contributed by atoms with Gasteiger partial charge in [0.2, 0.25) is 0 Å². The van der Waals surface area contributed by atoms with E-state index in [2.05, 4.69) is 6.92 Å². The molecule has 5 nitrogen and oxygen atoms in total. The van der Waals surface area contributed by atoms with Crippen molar-refractivity contribution in [2.75, 3.05) is 0 Å². The standard InChI is InChI=1S/C18H23NO4/c1-18-7-6-11-12(14(18)4-5-17(18)21)3-2-10-8-16(20)15(19(22)23)9-13(10)11/h8-9,11-12,14,17,20-21H,2-7H2,1H3/t11-,12-,14-,17-,18-/m0/s1. The van der Waals surface area contributed by atoms with Gasteiger partial charge in [-0.25, -0.2) is 0 Å². The van der Waals surface area contributed by atoms with Crippen LogP contribution in [0, 0.1) is 27.4 Å². The summed E-state index contributed by atoms with van der Waals surface area (Å²) in [5, 5.41) is 31.4. The third-order valence-corrected chi connectivity index (χ3v) is 6.97. The molecule has 0 aliphatic heterocycles. The van der Waals surface area contributed by atoms with Gasteiger partial charge in [-0.15, -0.1) is 0 Å². The number of benzene rings is 1. The molecule has 0 saturated heterocycles. The summed E-state index contributed by atoms with van der Waals surface area (Å²) in [5.74, 6) is 1.13. The summed E-state index contributed by atoms with van der Waals surface area (Å²) in [7, 11) is 0. The van der Waals surface area contributed by atoms with E-state index in [0.29, 0.717) is 17.8 Å². The van der Waals surface area contributed by atoms with Crippen LogP contribution in [0.2, 0.25) is 0 Å². The maximum atomic E-state index is 11.2. The Labute approximate surface area is 135 Å². The van der Waals surface area contributed by atoms with Gasteiger partial charge in [0.1, 0.15) is 0 Å². The maximum absolute atomic E-state index is 11.2. The molecule has 0 radical (unpaired) electrons. The first kappa shape index (κ1) is 14.9. The van der Waals surface area contributed by atoms with Crippen molar-refractivity contribution in [3.63, 3.8) is 0 Å². The van der Waals surface area contributed by atoms with E-state index in [1.807, 2.05) is 0 Å². The molecule has 0 spiro atoms. The molecule has 0 heterocycles. The van der Waals surface area contributed by atoms with Crippen LogP contribution in [0.5, 0.6) is 5.75 Å². The van der Waals surface area contributed by atoms with Crippen molar-refractivity contribution in [1.29, 1.82) is 0 Å². The molecule has 124 valence electrons. The van der Waals surface area contributed by atoms with E-state index < -0.39 is 4.92 Å². The van der Waals surface area contributed by atoms with Crippen LogP contribution in [0.4, 0.5) is 5.69 Å². The number of hydrogen-bond acceptors (Lipinski definition) is 4. The summed E-state index contributed by atoms with van der Waals surface area (Å²) in [4.78, 5) is 10.7. The Morgan fingerprint density at radius 3 is 2.78 bits per heavy atom. The van der Waals surface area contributed by atoms with Gasteiger partial charge in [0.25, 0.3) is 0 Å². The van der Waals surface area contributed by atoms with Gasteiger partial charge in [0, 0.05) is 6.07 Å². The van der Waals surface area contributed by atoms with Gasteiger partial charge < -0.3 is 10.2 Å². The van der Waals surface area contributed by atoms with Crippen molar-refractivity contribution in [3.05, 3.63) is 33.4 Å². The number of aliphatic hydroxyl groups excluding tert-OH is 1. The molecule has 0 aromatic heterocycles. The SMILES string of the molecule is C[C@]12CC[C@@H]3c4cc([N+](=O)[O-])c(O)cc4CC[C@@H]3[C@@H]1CC[C@@H]2O. The number of rotatable bonds is 1. The number of aromatic hydroxyl groups is 1. The zero-order valence-electron chi connectivity index (χ0n) is 13.4. The van der Waals surface area contributed by atoms with Crippen LogP contribution in [0.25, 0.3) is 0 Å². The lowest BCUT2D eigenvalue weighted by atomic mass is 9.55. The zero-order valence-corrected chi connectivity index (χ0v) is 13.4. The van der Waals surface area contributed by atoms with Crippen molar-refractivity contribution in [2.45, 2.75) is 57.5 Å². The largest absolute Gasteiger partial charge is 0.502 e. The molecule has 0 bridgehead atoms. The minimum Gasteiger partial charge on any atom is -0.502 e. The highest BCUT2D eigenvalue weighted by molar-refractivity contribution is 5.53. The first-order valence-corrected chi connectivity index (χ1v) is 8.60. The lowest BCUT2D eigenvalue weighted by Crippen LogP contribution is -2.43. The monoisotopic (exact) mass is 317 g/mol. The molecule has 0 amide bonds. The fourth-order valence-electron chi connectivity index (χ4n) is 5.71. The molecular formula is C18H23NO4. The molecule has 0 unspecified atom stereocenters. The van der Waals surface area contributed by atoms with Gasteiger partial charge in [0.05, 0.1) is 11.0 Å². The van der Waals surface area contributed by atoms with E-state index in [4.69, 9.17) is 0 Å². The van der Waals surface area contributed by atoms with Gasteiger partial charge >= 0.3 is 5.69 Å². The highest BCUT2D eigenvalue weighted by Gasteiger charge is 2.54. The summed E-state index contributed by atoms with van der Waals surface area (Å²) >= 11 is 0. The summed E-state index contributed by atoms with van der Waals surface area (Å²) in [6.45, 7) is 2.22. The quantitative estimate of drug-likeness (QED) is 0.613. The number of hydrogen-bond donors (Lipinski definition) is 2. The van der Waals surface area contributed by atoms with Gasteiger partial charge in [-0.05, 0) is 78.9 Å². The molecule has 5 atom stereocenters. The highest BCUT2D eigenvalue weighted by atomic mass is 16.6. The molecule has 3 aliphatic rings. The number of nitro groups is 1. The van der Waals surface area contributed by atoms with Gasteiger partial charge in [-0.2, -0.15) is 0 Å². The summed E-state index contributed by atoms with van der Waals surface area (Å²) < 4.78 is 0. The highest BCUT2D eigenvalue weighted by Crippen LogP contribution is 2.61. The van der Waals surface area contributed by atoms with E-state index in [1.54, 1.807) is 12.1 Å². The van der Waals surface area contributed by atoms with Crippen LogP contribution >= 0.6 is 0 Å². The second-order valence-corrected chi connectivity index (χ2v) is 7.85. The maximum Gasteiger partial charge on any atom is 0.310 e. The number of aliphatic hydroxyl groups is 1. The van der Waals surface area contributed by atoms with Crippen LogP contribution < -0.4 is 0 Å². The van der Waals surface area contributed by atoms with Gasteiger partial charge in [0.15, 0.2) is 5.75 Å². The average Bonchev–Trinajstić information content (AvgIpc) is 2.81. The molecule has 2 fully saturated rings. The number of phenolic OH excluding ortho intramolecular Hbond substituents is 1. The van der Waals surface area contributed by atoms with E-state index >= 15 is 0 Å². The van der Waals surface area contributed by atoms with E-state index in [9.17, 15) is 20.3 Å². The second kappa shape index (κ2) is 4.94. The Balaban J connectivity index is 1.74. The lowest BCUT2D eigenvalue weighted by molar-refractivity contribution is -0.386. The molecule has 5 heteroatoms. The second-order valence-electron chi connectivity index (χ2n) is 7.85. The molecule has 23 heavy (non-hydrogen) atoms. The van der Waals surface area contributed by atoms with Gasteiger partial charge in [-0.1, -0.05) is 6.92 Å². The molecule has 2 N–H and O–H groups in total. The summed E-state index contributed by atoms with van der Waals surface area (Å²) in [6.07, 6.45) is 5.62. The van der Waals surface area contributed by atoms with E-state index in [0.717, 1.165) is 49.7 Å². The average molecular weight is 317 g/mol. The topological polar surface area (TPSA) is 83.6 Å². The van der Waals surface area contributed by atoms with Crippen LogP contribution in [-0.2, 0) is 6.42 Å². The first-order chi connectivity index (χ1) is 10.9. The minimum atomic E-state index is -0.495. The van der Waals surface area contributed by atoms with Crippen LogP contribution in [0.3, 0.4) is 0 Å². The Morgan fingerprint density at radius 1 is 1.26 bits per heavy atom. The minimum absolute atomic E-state index is 0.0154. The number of aryl methyl sites for hydroxylation is 1. The Hall–Kier alpha value is -1.62. The summed E-state index contributed by atoms with van der Waals surface area (Å²) in [6, 6.07) is 3.20. The molecule has 1 aromatic carbocycles. The lowest BCUT2D eigenvalue weighted by Gasteiger charge is -2.50. The smallest absolute Gasteiger partial charge is 0.310 e. The van der Waals surface area contributed by atoms with E-state index in [1.165, 1.54) is 0 Å². The Bertz CT molecular complexity index is 673. The normalized spacial score (nSPS) is 38.5. The molecule has 1 aromatic rings. The van der Waals surface area contributed by atoms with Crippen LogP contribution in [0.1, 0.15) is 56.1 Å². The molecule has 3 aliphatic carbocycles. The van der Waals surface area contributed by atoms with Crippen LogP contribution in [-0.4, -0.2) is 21.2 Å².